The summed E-state index contributed by atoms with van der Waals surface area (Å²) in [5.41, 5.74) is 3.33. The molecule has 26 heavy (non-hydrogen) atoms. The minimum absolute atomic E-state index is 0.0324. The summed E-state index contributed by atoms with van der Waals surface area (Å²) in [5, 5.41) is 8.72. The number of carbonyl (C=O) groups is 2. The van der Waals surface area contributed by atoms with Crippen LogP contribution in [0.2, 0.25) is 0 Å². The fourth-order valence-corrected chi connectivity index (χ4v) is 2.91. The zero-order chi connectivity index (χ0) is 18.5. The molecular formula is C21H19FO4. The Morgan fingerprint density at radius 2 is 1.92 bits per heavy atom. The smallest absolute Gasteiger partial charge is 0.303 e. The van der Waals surface area contributed by atoms with E-state index in [1.807, 2.05) is 18.2 Å². The first-order valence-electron chi connectivity index (χ1n) is 8.51. The molecule has 0 atom stereocenters. The van der Waals surface area contributed by atoms with Gasteiger partial charge in [0, 0.05) is 24.0 Å². The largest absolute Gasteiger partial charge is 0.493 e. The van der Waals surface area contributed by atoms with Gasteiger partial charge in [-0.05, 0) is 48.2 Å². The summed E-state index contributed by atoms with van der Waals surface area (Å²) in [6.45, 7) is 0.261. The molecule has 0 spiro atoms. The maximum Gasteiger partial charge on any atom is 0.303 e. The van der Waals surface area contributed by atoms with Gasteiger partial charge in [0.1, 0.15) is 11.6 Å². The normalized spacial score (nSPS) is 13.2. The van der Waals surface area contributed by atoms with Crippen LogP contribution in [0.5, 0.6) is 5.75 Å². The van der Waals surface area contributed by atoms with Gasteiger partial charge in [0.15, 0.2) is 5.78 Å². The number of benzene rings is 2. The first-order valence-corrected chi connectivity index (χ1v) is 8.51. The third-order valence-electron chi connectivity index (χ3n) is 4.28. The summed E-state index contributed by atoms with van der Waals surface area (Å²) < 4.78 is 18.8. The highest BCUT2D eigenvalue weighted by Crippen LogP contribution is 2.31. The van der Waals surface area contributed by atoms with Crippen LogP contribution >= 0.6 is 0 Å². The number of carboxylic acid groups (broad SMARTS) is 1. The number of ketones is 1. The monoisotopic (exact) mass is 354 g/mol. The number of aliphatic carboxylic acids is 1. The van der Waals surface area contributed by atoms with Gasteiger partial charge in [-0.3, -0.25) is 9.59 Å². The van der Waals surface area contributed by atoms with Crippen molar-refractivity contribution in [2.75, 3.05) is 6.61 Å². The van der Waals surface area contributed by atoms with E-state index in [2.05, 4.69) is 0 Å². The molecule has 2 aromatic rings. The van der Waals surface area contributed by atoms with Crippen LogP contribution < -0.4 is 4.74 Å². The molecule has 0 aliphatic heterocycles. The lowest BCUT2D eigenvalue weighted by Gasteiger charge is -2.11. The van der Waals surface area contributed by atoms with Gasteiger partial charge in [0.05, 0.1) is 6.61 Å². The lowest BCUT2D eigenvalue weighted by molar-refractivity contribution is -0.137. The highest BCUT2D eigenvalue weighted by atomic mass is 19.1. The molecule has 0 saturated carbocycles. The molecule has 0 fully saturated rings. The van der Waals surface area contributed by atoms with E-state index >= 15 is 0 Å². The molecule has 0 unspecified atom stereocenters. The molecule has 134 valence electrons. The van der Waals surface area contributed by atoms with Crippen molar-refractivity contribution in [3.05, 3.63) is 64.5 Å². The van der Waals surface area contributed by atoms with E-state index in [1.54, 1.807) is 18.2 Å². The van der Waals surface area contributed by atoms with E-state index in [0.29, 0.717) is 30.6 Å². The molecule has 0 heterocycles. The van der Waals surface area contributed by atoms with Gasteiger partial charge in [-0.1, -0.05) is 24.3 Å². The molecule has 0 radical (unpaired) electrons. The van der Waals surface area contributed by atoms with Crippen molar-refractivity contribution in [1.82, 2.24) is 0 Å². The van der Waals surface area contributed by atoms with Gasteiger partial charge >= 0.3 is 5.97 Å². The van der Waals surface area contributed by atoms with Crippen LogP contribution in [0.4, 0.5) is 4.39 Å². The van der Waals surface area contributed by atoms with Crippen molar-refractivity contribution < 1.29 is 23.8 Å². The Balaban J connectivity index is 1.83. The summed E-state index contributed by atoms with van der Waals surface area (Å²) in [5.74, 6) is -0.498. The van der Waals surface area contributed by atoms with Gasteiger partial charge in [-0.25, -0.2) is 4.39 Å². The Labute approximate surface area is 150 Å². The highest BCUT2D eigenvalue weighted by molar-refractivity contribution is 6.01. The second-order valence-electron chi connectivity index (χ2n) is 6.20. The second kappa shape index (κ2) is 7.95. The minimum Gasteiger partial charge on any atom is -0.493 e. The quantitative estimate of drug-likeness (QED) is 0.592. The third-order valence-corrected chi connectivity index (χ3v) is 4.28. The van der Waals surface area contributed by atoms with Gasteiger partial charge in [0.25, 0.3) is 0 Å². The van der Waals surface area contributed by atoms with Crippen LogP contribution in [0.15, 0.2) is 36.4 Å². The lowest BCUT2D eigenvalue weighted by Crippen LogP contribution is -2.04. The van der Waals surface area contributed by atoms with Crippen LogP contribution in [0.3, 0.4) is 0 Å². The zero-order valence-electron chi connectivity index (χ0n) is 14.2. The van der Waals surface area contributed by atoms with E-state index in [9.17, 15) is 14.0 Å². The Morgan fingerprint density at radius 1 is 1.15 bits per heavy atom. The predicted molar refractivity (Wildman–Crippen MR) is 96.8 cm³/mol. The number of Topliss-reactive ketones (excluding diaryl/α,β-unsaturated/α-hetero) is 1. The Morgan fingerprint density at radius 3 is 2.65 bits per heavy atom. The number of hydrogen-bond donors (Lipinski definition) is 1. The van der Waals surface area contributed by atoms with Gasteiger partial charge in [-0.2, -0.15) is 0 Å². The van der Waals surface area contributed by atoms with Crippen LogP contribution in [0, 0.1) is 5.82 Å². The van der Waals surface area contributed by atoms with E-state index in [4.69, 9.17) is 9.84 Å². The highest BCUT2D eigenvalue weighted by Gasteiger charge is 2.21. The van der Waals surface area contributed by atoms with E-state index < -0.39 is 5.97 Å². The van der Waals surface area contributed by atoms with Gasteiger partial charge in [0.2, 0.25) is 0 Å². The Kier molecular flexibility index (Phi) is 5.46. The number of rotatable bonds is 7. The number of ether oxygens (including phenoxy) is 1. The van der Waals surface area contributed by atoms with E-state index in [0.717, 1.165) is 16.7 Å². The molecule has 5 heteroatoms. The molecule has 2 aromatic carbocycles. The standard InChI is InChI=1S/C21H19FO4/c22-17-8-4-14(5-9-17)3-6-16-12-15-7-10-19(23)18(15)13-20(16)26-11-1-2-21(24)25/h3-6,8-9,12-13H,1-2,7,10-11H2,(H,24,25)/b6-3+. The summed E-state index contributed by atoms with van der Waals surface area (Å²) in [6.07, 6.45) is 5.35. The number of fused-ring (bicyclic) bond motifs is 1. The summed E-state index contributed by atoms with van der Waals surface area (Å²) in [7, 11) is 0. The van der Waals surface area contributed by atoms with Crippen LogP contribution in [-0.2, 0) is 11.2 Å². The average Bonchev–Trinajstić information content (AvgIpc) is 2.98. The van der Waals surface area contributed by atoms with Crippen LogP contribution in [0.1, 0.15) is 46.3 Å². The number of carboxylic acids is 1. The summed E-state index contributed by atoms with van der Waals surface area (Å²) in [4.78, 5) is 22.6. The predicted octanol–water partition coefficient (Wildman–Crippen LogP) is 4.37. The van der Waals surface area contributed by atoms with E-state index in [1.165, 1.54) is 12.1 Å². The molecule has 0 aromatic heterocycles. The average molecular weight is 354 g/mol. The van der Waals surface area contributed by atoms with Crippen molar-refractivity contribution in [3.63, 3.8) is 0 Å². The molecule has 0 amide bonds. The SMILES string of the molecule is O=C(O)CCCOc1cc2c(cc1/C=C/c1ccc(F)cc1)CCC2=O. The molecule has 4 nitrogen and oxygen atoms in total. The first-order chi connectivity index (χ1) is 12.5. The molecule has 1 aliphatic carbocycles. The fraction of sp³-hybridized carbons (Fsp3) is 0.238. The van der Waals surface area contributed by atoms with Crippen LogP contribution in [-0.4, -0.2) is 23.5 Å². The van der Waals surface area contributed by atoms with Gasteiger partial charge in [-0.15, -0.1) is 0 Å². The second-order valence-corrected chi connectivity index (χ2v) is 6.20. The van der Waals surface area contributed by atoms with Crippen molar-refractivity contribution >= 4 is 23.9 Å². The summed E-state index contributed by atoms with van der Waals surface area (Å²) >= 11 is 0. The minimum atomic E-state index is -0.867. The lowest BCUT2D eigenvalue weighted by atomic mass is 10.0. The topological polar surface area (TPSA) is 63.6 Å². The van der Waals surface area contributed by atoms with Crippen molar-refractivity contribution in [2.45, 2.75) is 25.7 Å². The first kappa shape index (κ1) is 17.9. The fourth-order valence-electron chi connectivity index (χ4n) is 2.91. The maximum atomic E-state index is 13.0. The third kappa shape index (κ3) is 4.36. The maximum absolute atomic E-state index is 13.0. The van der Waals surface area contributed by atoms with Crippen LogP contribution in [0.25, 0.3) is 12.2 Å². The molecule has 3 rings (SSSR count). The van der Waals surface area contributed by atoms with Gasteiger partial charge < -0.3 is 9.84 Å². The zero-order valence-corrected chi connectivity index (χ0v) is 14.2. The molecule has 1 N–H and O–H groups in total. The van der Waals surface area contributed by atoms with Crippen molar-refractivity contribution in [2.24, 2.45) is 0 Å². The summed E-state index contributed by atoms with van der Waals surface area (Å²) in [6, 6.07) is 9.82. The van der Waals surface area contributed by atoms with Crippen molar-refractivity contribution in [3.8, 4) is 5.75 Å². The Hall–Kier alpha value is -2.95. The molecule has 1 aliphatic rings. The number of aryl methyl sites for hydroxylation is 1. The van der Waals surface area contributed by atoms with Crippen molar-refractivity contribution in [1.29, 1.82) is 0 Å². The van der Waals surface area contributed by atoms with E-state index in [-0.39, 0.29) is 24.6 Å². The number of halogens is 1. The number of hydrogen-bond acceptors (Lipinski definition) is 3. The Bertz CT molecular complexity index is 853. The molecule has 0 saturated heterocycles. The number of carbonyl (C=O) groups excluding carboxylic acids is 1. The molecule has 0 bridgehead atoms. The molecular weight excluding hydrogens is 335 g/mol.